The highest BCUT2D eigenvalue weighted by molar-refractivity contribution is 5.90. The summed E-state index contributed by atoms with van der Waals surface area (Å²) in [6.45, 7) is 5.74. The number of benzene rings is 1. The molecular formula is C15H19NO2. The summed E-state index contributed by atoms with van der Waals surface area (Å²) < 4.78 is 5.24. The van der Waals surface area contributed by atoms with Crippen LogP contribution in [0.25, 0.3) is 0 Å². The molecule has 0 saturated carbocycles. The van der Waals surface area contributed by atoms with Crippen LogP contribution in [-0.2, 0) is 4.79 Å². The number of ketones is 1. The molecule has 96 valence electrons. The molecule has 2 atom stereocenters. The highest BCUT2D eigenvalue weighted by atomic mass is 16.5. The zero-order chi connectivity index (χ0) is 13.7. The second-order valence-electron chi connectivity index (χ2n) is 4.52. The first-order valence-electron chi connectivity index (χ1n) is 6.13. The number of nitrogens with zero attached hydrogens (tertiary/aromatic N) is 1. The SMILES string of the molecule is CCC(C)C(=O)C(C#N)c1cc(C)ccc1OC. The van der Waals surface area contributed by atoms with E-state index in [9.17, 15) is 10.1 Å². The number of hydrogen-bond acceptors (Lipinski definition) is 3. The van der Waals surface area contributed by atoms with E-state index in [0.29, 0.717) is 11.3 Å². The van der Waals surface area contributed by atoms with Crippen molar-refractivity contribution in [1.82, 2.24) is 0 Å². The van der Waals surface area contributed by atoms with Gasteiger partial charge in [-0.25, -0.2) is 0 Å². The summed E-state index contributed by atoms with van der Waals surface area (Å²) in [6, 6.07) is 7.67. The molecular weight excluding hydrogens is 226 g/mol. The van der Waals surface area contributed by atoms with Crippen LogP contribution in [0.1, 0.15) is 37.3 Å². The molecule has 0 amide bonds. The van der Waals surface area contributed by atoms with Crippen LogP contribution >= 0.6 is 0 Å². The zero-order valence-corrected chi connectivity index (χ0v) is 11.4. The van der Waals surface area contributed by atoms with Crippen molar-refractivity contribution >= 4 is 5.78 Å². The molecule has 0 aliphatic heterocycles. The average molecular weight is 245 g/mol. The number of carbonyl (C=O) groups is 1. The van der Waals surface area contributed by atoms with E-state index < -0.39 is 5.92 Å². The summed E-state index contributed by atoms with van der Waals surface area (Å²) >= 11 is 0. The van der Waals surface area contributed by atoms with E-state index in [1.165, 1.54) is 0 Å². The Kier molecular flexibility index (Phi) is 4.91. The van der Waals surface area contributed by atoms with Crippen LogP contribution in [0.4, 0.5) is 0 Å². The smallest absolute Gasteiger partial charge is 0.157 e. The summed E-state index contributed by atoms with van der Waals surface area (Å²) in [5.74, 6) is -0.289. The predicted octanol–water partition coefficient (Wildman–Crippen LogP) is 3.23. The van der Waals surface area contributed by atoms with E-state index in [4.69, 9.17) is 4.74 Å². The summed E-state index contributed by atoms with van der Waals surface area (Å²) in [5, 5.41) is 9.28. The Hall–Kier alpha value is -1.82. The van der Waals surface area contributed by atoms with Gasteiger partial charge >= 0.3 is 0 Å². The minimum Gasteiger partial charge on any atom is -0.496 e. The second-order valence-corrected chi connectivity index (χ2v) is 4.52. The first-order valence-corrected chi connectivity index (χ1v) is 6.13. The van der Waals surface area contributed by atoms with Gasteiger partial charge in [-0.2, -0.15) is 5.26 Å². The quantitative estimate of drug-likeness (QED) is 0.800. The van der Waals surface area contributed by atoms with E-state index in [-0.39, 0.29) is 11.7 Å². The summed E-state index contributed by atoms with van der Waals surface area (Å²) in [4.78, 5) is 12.2. The summed E-state index contributed by atoms with van der Waals surface area (Å²) in [6.07, 6.45) is 0.741. The van der Waals surface area contributed by atoms with E-state index in [1.807, 2.05) is 32.9 Å². The number of carbonyl (C=O) groups excluding carboxylic acids is 1. The molecule has 0 aliphatic rings. The monoisotopic (exact) mass is 245 g/mol. The molecule has 0 aromatic heterocycles. The van der Waals surface area contributed by atoms with E-state index in [1.54, 1.807) is 13.2 Å². The largest absolute Gasteiger partial charge is 0.496 e. The fourth-order valence-corrected chi connectivity index (χ4v) is 1.85. The van der Waals surface area contributed by atoms with Crippen molar-refractivity contribution in [2.24, 2.45) is 5.92 Å². The number of aryl methyl sites for hydroxylation is 1. The molecule has 0 heterocycles. The number of hydrogen-bond donors (Lipinski definition) is 0. The van der Waals surface area contributed by atoms with Gasteiger partial charge in [0.15, 0.2) is 5.78 Å². The average Bonchev–Trinajstić information content (AvgIpc) is 2.38. The molecule has 1 rings (SSSR count). The van der Waals surface area contributed by atoms with Gasteiger partial charge < -0.3 is 4.74 Å². The van der Waals surface area contributed by atoms with Crippen LogP contribution in [0.3, 0.4) is 0 Å². The van der Waals surface area contributed by atoms with Gasteiger partial charge in [-0.3, -0.25) is 4.79 Å². The third-order valence-corrected chi connectivity index (χ3v) is 3.21. The first-order chi connectivity index (χ1) is 8.54. The molecule has 0 aliphatic carbocycles. The number of methoxy groups -OCH3 is 1. The van der Waals surface area contributed by atoms with E-state index in [0.717, 1.165) is 12.0 Å². The van der Waals surface area contributed by atoms with Crippen LogP contribution in [-0.4, -0.2) is 12.9 Å². The lowest BCUT2D eigenvalue weighted by Gasteiger charge is -2.16. The highest BCUT2D eigenvalue weighted by Gasteiger charge is 2.26. The molecule has 2 unspecified atom stereocenters. The Bertz CT molecular complexity index is 474. The fraction of sp³-hybridized carbons (Fsp3) is 0.467. The number of nitriles is 1. The molecule has 0 spiro atoms. The van der Waals surface area contributed by atoms with Gasteiger partial charge in [-0.1, -0.05) is 31.5 Å². The van der Waals surface area contributed by atoms with E-state index in [2.05, 4.69) is 6.07 Å². The normalized spacial score (nSPS) is 13.5. The van der Waals surface area contributed by atoms with Crippen LogP contribution in [0.2, 0.25) is 0 Å². The van der Waals surface area contributed by atoms with Crippen LogP contribution in [0.5, 0.6) is 5.75 Å². The molecule has 0 saturated heterocycles. The molecule has 1 aromatic rings. The van der Waals surface area contributed by atoms with Crippen LogP contribution in [0.15, 0.2) is 18.2 Å². The van der Waals surface area contributed by atoms with Gasteiger partial charge in [0, 0.05) is 11.5 Å². The third kappa shape index (κ3) is 2.89. The first kappa shape index (κ1) is 14.2. The Morgan fingerprint density at radius 2 is 2.17 bits per heavy atom. The Morgan fingerprint density at radius 1 is 1.50 bits per heavy atom. The minimum absolute atomic E-state index is 0.0381. The Labute approximate surface area is 108 Å². The van der Waals surface area contributed by atoms with Crippen molar-refractivity contribution in [1.29, 1.82) is 5.26 Å². The van der Waals surface area contributed by atoms with Gasteiger partial charge in [0.25, 0.3) is 0 Å². The van der Waals surface area contributed by atoms with Crippen molar-refractivity contribution in [3.63, 3.8) is 0 Å². The topological polar surface area (TPSA) is 50.1 Å². The summed E-state index contributed by atoms with van der Waals surface area (Å²) in [7, 11) is 1.55. The van der Waals surface area contributed by atoms with Gasteiger partial charge in [0.2, 0.25) is 0 Å². The molecule has 3 heteroatoms. The highest BCUT2D eigenvalue weighted by Crippen LogP contribution is 2.30. The molecule has 1 aromatic carbocycles. The number of Topliss-reactive ketones (excluding diaryl/α,β-unsaturated/α-hetero) is 1. The fourth-order valence-electron chi connectivity index (χ4n) is 1.85. The Balaban J connectivity index is 3.21. The number of rotatable bonds is 5. The van der Waals surface area contributed by atoms with Gasteiger partial charge in [-0.15, -0.1) is 0 Å². The maximum Gasteiger partial charge on any atom is 0.157 e. The second kappa shape index (κ2) is 6.20. The standard InChI is InChI=1S/C15H19NO2/c1-5-11(3)15(17)13(9-16)12-8-10(2)6-7-14(12)18-4/h6-8,11,13H,5H2,1-4H3. The summed E-state index contributed by atoms with van der Waals surface area (Å²) in [5.41, 5.74) is 1.69. The lowest BCUT2D eigenvalue weighted by molar-refractivity contribution is -0.122. The van der Waals surface area contributed by atoms with Crippen molar-refractivity contribution in [2.45, 2.75) is 33.1 Å². The lowest BCUT2D eigenvalue weighted by Crippen LogP contribution is -2.19. The molecule has 0 bridgehead atoms. The van der Waals surface area contributed by atoms with Crippen LogP contribution in [0, 0.1) is 24.2 Å². The van der Waals surface area contributed by atoms with Gasteiger partial charge in [0.05, 0.1) is 13.2 Å². The molecule has 0 N–H and O–H groups in total. The van der Waals surface area contributed by atoms with E-state index >= 15 is 0 Å². The van der Waals surface area contributed by atoms with Gasteiger partial charge in [-0.05, 0) is 19.4 Å². The molecule has 18 heavy (non-hydrogen) atoms. The van der Waals surface area contributed by atoms with Crippen molar-refractivity contribution in [3.8, 4) is 11.8 Å². The Morgan fingerprint density at radius 3 is 2.67 bits per heavy atom. The molecule has 0 radical (unpaired) electrons. The minimum atomic E-state index is -0.741. The maximum absolute atomic E-state index is 12.2. The van der Waals surface area contributed by atoms with Crippen LogP contribution < -0.4 is 4.74 Å². The molecule has 0 fully saturated rings. The predicted molar refractivity (Wildman–Crippen MR) is 70.5 cm³/mol. The zero-order valence-electron chi connectivity index (χ0n) is 11.4. The maximum atomic E-state index is 12.2. The van der Waals surface area contributed by atoms with Crippen molar-refractivity contribution in [2.75, 3.05) is 7.11 Å². The van der Waals surface area contributed by atoms with Crippen molar-refractivity contribution in [3.05, 3.63) is 29.3 Å². The lowest BCUT2D eigenvalue weighted by atomic mass is 9.87. The van der Waals surface area contributed by atoms with Crippen molar-refractivity contribution < 1.29 is 9.53 Å². The number of ether oxygens (including phenoxy) is 1. The van der Waals surface area contributed by atoms with Gasteiger partial charge in [0.1, 0.15) is 11.7 Å². The third-order valence-electron chi connectivity index (χ3n) is 3.21. The molecule has 3 nitrogen and oxygen atoms in total.